The molecule has 0 aliphatic rings. The molecule has 0 unspecified atom stereocenters. The summed E-state index contributed by atoms with van der Waals surface area (Å²) >= 11 is 0. The molecule has 1 heterocycles. The smallest absolute Gasteiger partial charge is 0.269 e. The summed E-state index contributed by atoms with van der Waals surface area (Å²) < 4.78 is 1.93. The number of nitro groups is 2. The standard InChI is InChI=1S/C23H21N5O4/c1-2-26-23-12-11-22(13-19(23)14-24-26)25(15-17-3-7-20(8-4-17)27(29)30)16-18-5-9-21(10-6-18)28(31)32/h3-14H,2,15-16H2,1H3. The number of non-ortho nitro benzene ring substituents is 2. The molecule has 0 spiro atoms. The SMILES string of the molecule is CCn1ncc2cc(N(Cc3ccc([N+](=O)[O-])cc3)Cc3ccc([N+](=O)[O-])cc3)ccc21. The molecule has 162 valence electrons. The van der Waals surface area contributed by atoms with Crippen LogP contribution in [0.15, 0.2) is 72.9 Å². The number of nitro benzene ring substituents is 2. The number of nitrogens with zero attached hydrogens (tertiary/aromatic N) is 5. The van der Waals surface area contributed by atoms with E-state index in [0.717, 1.165) is 34.3 Å². The number of hydrogen-bond donors (Lipinski definition) is 0. The van der Waals surface area contributed by atoms with Gasteiger partial charge in [-0.3, -0.25) is 24.9 Å². The topological polar surface area (TPSA) is 107 Å². The zero-order valence-corrected chi connectivity index (χ0v) is 17.4. The Labute approximate surface area is 183 Å². The highest BCUT2D eigenvalue weighted by Gasteiger charge is 2.13. The minimum Gasteiger partial charge on any atom is -0.363 e. The zero-order chi connectivity index (χ0) is 22.7. The predicted molar refractivity (Wildman–Crippen MR) is 121 cm³/mol. The molecule has 0 atom stereocenters. The van der Waals surface area contributed by atoms with E-state index in [1.54, 1.807) is 24.3 Å². The van der Waals surface area contributed by atoms with Gasteiger partial charge in [-0.2, -0.15) is 5.10 Å². The van der Waals surface area contributed by atoms with Gasteiger partial charge in [-0.1, -0.05) is 24.3 Å². The summed E-state index contributed by atoms with van der Waals surface area (Å²) in [5.41, 5.74) is 3.93. The minimum atomic E-state index is -0.419. The number of rotatable bonds is 8. The Balaban J connectivity index is 1.66. The fraction of sp³-hybridized carbons (Fsp3) is 0.174. The van der Waals surface area contributed by atoms with E-state index in [1.807, 2.05) is 29.9 Å². The fourth-order valence-corrected chi connectivity index (χ4v) is 3.65. The van der Waals surface area contributed by atoms with Gasteiger partial charge in [0.2, 0.25) is 0 Å². The lowest BCUT2D eigenvalue weighted by molar-refractivity contribution is -0.385. The molecule has 0 amide bonds. The number of fused-ring (bicyclic) bond motifs is 1. The van der Waals surface area contributed by atoms with Crippen molar-refractivity contribution < 1.29 is 9.85 Å². The lowest BCUT2D eigenvalue weighted by Gasteiger charge is -2.25. The van der Waals surface area contributed by atoms with Gasteiger partial charge in [0.25, 0.3) is 11.4 Å². The molecule has 0 aliphatic heterocycles. The molecular weight excluding hydrogens is 410 g/mol. The summed E-state index contributed by atoms with van der Waals surface area (Å²) in [5, 5.41) is 27.3. The average molecular weight is 431 g/mol. The van der Waals surface area contributed by atoms with E-state index in [9.17, 15) is 20.2 Å². The molecule has 0 bridgehead atoms. The number of hydrogen-bond acceptors (Lipinski definition) is 6. The third-order valence-corrected chi connectivity index (χ3v) is 5.33. The molecule has 0 N–H and O–H groups in total. The van der Waals surface area contributed by atoms with E-state index in [-0.39, 0.29) is 11.4 Å². The van der Waals surface area contributed by atoms with Crippen LogP contribution >= 0.6 is 0 Å². The summed E-state index contributed by atoms with van der Waals surface area (Å²) in [5.74, 6) is 0. The van der Waals surface area contributed by atoms with Crippen LogP contribution in [0, 0.1) is 20.2 Å². The van der Waals surface area contributed by atoms with Crippen LogP contribution in [0.1, 0.15) is 18.1 Å². The van der Waals surface area contributed by atoms with E-state index in [4.69, 9.17) is 0 Å². The van der Waals surface area contributed by atoms with Crippen molar-refractivity contribution in [2.75, 3.05) is 4.90 Å². The van der Waals surface area contributed by atoms with Crippen LogP contribution in [0.2, 0.25) is 0 Å². The molecule has 32 heavy (non-hydrogen) atoms. The van der Waals surface area contributed by atoms with Crippen molar-refractivity contribution in [1.29, 1.82) is 0 Å². The molecule has 9 nitrogen and oxygen atoms in total. The van der Waals surface area contributed by atoms with Crippen LogP contribution < -0.4 is 4.90 Å². The first kappa shape index (κ1) is 21.0. The normalized spacial score (nSPS) is 10.9. The van der Waals surface area contributed by atoms with Gasteiger partial charge in [0.15, 0.2) is 0 Å². The quantitative estimate of drug-likeness (QED) is 0.284. The molecule has 1 aromatic heterocycles. The fourth-order valence-electron chi connectivity index (χ4n) is 3.65. The third kappa shape index (κ3) is 4.41. The second-order valence-corrected chi connectivity index (χ2v) is 7.41. The van der Waals surface area contributed by atoms with Gasteiger partial charge in [-0.15, -0.1) is 0 Å². The molecule has 4 aromatic rings. The van der Waals surface area contributed by atoms with Gasteiger partial charge in [-0.05, 0) is 36.2 Å². The highest BCUT2D eigenvalue weighted by molar-refractivity contribution is 5.82. The van der Waals surface area contributed by atoms with Gasteiger partial charge in [0, 0.05) is 55.0 Å². The van der Waals surface area contributed by atoms with E-state index in [2.05, 4.69) is 16.1 Å². The Hall–Kier alpha value is -4.27. The number of aryl methyl sites for hydroxylation is 1. The maximum absolute atomic E-state index is 11.0. The summed E-state index contributed by atoms with van der Waals surface area (Å²) in [6.07, 6.45) is 1.83. The van der Waals surface area contributed by atoms with Crippen LogP contribution in [0.4, 0.5) is 17.1 Å². The lowest BCUT2D eigenvalue weighted by atomic mass is 10.1. The van der Waals surface area contributed by atoms with Crippen molar-refractivity contribution in [3.05, 3.63) is 104 Å². The first-order valence-electron chi connectivity index (χ1n) is 10.1. The van der Waals surface area contributed by atoms with Gasteiger partial charge in [0.05, 0.1) is 21.6 Å². The highest BCUT2D eigenvalue weighted by atomic mass is 16.6. The first-order valence-corrected chi connectivity index (χ1v) is 10.1. The minimum absolute atomic E-state index is 0.0454. The second kappa shape index (κ2) is 8.84. The zero-order valence-electron chi connectivity index (χ0n) is 17.4. The van der Waals surface area contributed by atoms with Crippen LogP contribution in [-0.2, 0) is 19.6 Å². The van der Waals surface area contributed by atoms with Crippen LogP contribution in [0.5, 0.6) is 0 Å². The Morgan fingerprint density at radius 3 is 1.84 bits per heavy atom. The van der Waals surface area contributed by atoms with E-state index < -0.39 is 9.85 Å². The molecule has 0 saturated heterocycles. The maximum Gasteiger partial charge on any atom is 0.269 e. The van der Waals surface area contributed by atoms with Gasteiger partial charge in [0.1, 0.15) is 0 Å². The number of aromatic nitrogens is 2. The highest BCUT2D eigenvalue weighted by Crippen LogP contribution is 2.26. The maximum atomic E-state index is 11.0. The monoisotopic (exact) mass is 431 g/mol. The van der Waals surface area contributed by atoms with Crippen molar-refractivity contribution in [3.63, 3.8) is 0 Å². The van der Waals surface area contributed by atoms with Crippen molar-refractivity contribution in [2.24, 2.45) is 0 Å². The summed E-state index contributed by atoms with van der Waals surface area (Å²) in [4.78, 5) is 23.2. The number of benzene rings is 3. The lowest BCUT2D eigenvalue weighted by Crippen LogP contribution is -2.22. The Kier molecular flexibility index (Phi) is 5.80. The van der Waals surface area contributed by atoms with Crippen LogP contribution in [-0.4, -0.2) is 19.6 Å². The predicted octanol–water partition coefficient (Wildman–Crippen LogP) is 5.08. The molecule has 4 rings (SSSR count). The molecular formula is C23H21N5O4. The average Bonchev–Trinajstić information content (AvgIpc) is 3.21. The third-order valence-electron chi connectivity index (χ3n) is 5.33. The van der Waals surface area contributed by atoms with E-state index >= 15 is 0 Å². The largest absolute Gasteiger partial charge is 0.363 e. The van der Waals surface area contributed by atoms with Crippen molar-refractivity contribution in [1.82, 2.24) is 9.78 Å². The van der Waals surface area contributed by atoms with Crippen molar-refractivity contribution >= 4 is 28.0 Å². The van der Waals surface area contributed by atoms with Gasteiger partial charge in [-0.25, -0.2) is 0 Å². The van der Waals surface area contributed by atoms with Gasteiger partial charge >= 0.3 is 0 Å². The molecule has 0 radical (unpaired) electrons. The van der Waals surface area contributed by atoms with Crippen molar-refractivity contribution in [2.45, 2.75) is 26.6 Å². The Morgan fingerprint density at radius 1 is 0.844 bits per heavy atom. The van der Waals surface area contributed by atoms with E-state index in [1.165, 1.54) is 24.3 Å². The molecule has 0 aliphatic carbocycles. The van der Waals surface area contributed by atoms with Crippen LogP contribution in [0.25, 0.3) is 10.9 Å². The Morgan fingerprint density at radius 2 is 1.38 bits per heavy atom. The first-order chi connectivity index (χ1) is 15.4. The van der Waals surface area contributed by atoms with Crippen LogP contribution in [0.3, 0.4) is 0 Å². The molecule has 0 fully saturated rings. The van der Waals surface area contributed by atoms with E-state index in [0.29, 0.717) is 13.1 Å². The second-order valence-electron chi connectivity index (χ2n) is 7.41. The molecule has 3 aromatic carbocycles. The summed E-state index contributed by atoms with van der Waals surface area (Å²) in [7, 11) is 0. The molecule has 0 saturated carbocycles. The number of anilines is 1. The Bertz CT molecular complexity index is 1210. The summed E-state index contributed by atoms with van der Waals surface area (Å²) in [6.45, 7) is 3.85. The van der Waals surface area contributed by atoms with Crippen molar-refractivity contribution in [3.8, 4) is 0 Å². The van der Waals surface area contributed by atoms with Gasteiger partial charge < -0.3 is 4.90 Å². The summed E-state index contributed by atoms with van der Waals surface area (Å²) in [6, 6.07) is 19.1. The molecule has 9 heteroatoms.